The molecule has 0 atom stereocenters. The molecule has 0 bridgehead atoms. The number of anilines is 1. The van der Waals surface area contributed by atoms with Crippen molar-refractivity contribution in [3.8, 4) is 0 Å². The van der Waals surface area contributed by atoms with Crippen molar-refractivity contribution in [3.63, 3.8) is 0 Å². The molecule has 0 saturated carbocycles. The highest BCUT2D eigenvalue weighted by Crippen LogP contribution is 2.17. The number of hydrogen-bond donors (Lipinski definition) is 2. The van der Waals surface area contributed by atoms with Crippen LogP contribution in [-0.4, -0.2) is 18.3 Å². The van der Waals surface area contributed by atoms with Crippen molar-refractivity contribution in [2.75, 3.05) is 17.6 Å². The molecular formula is C17H20N2OS. The van der Waals surface area contributed by atoms with Gasteiger partial charge in [0.25, 0.3) is 0 Å². The maximum Gasteiger partial charge on any atom is 0.319 e. The molecule has 2 N–H and O–H groups in total. The molecule has 2 rings (SSSR count). The third-order valence-corrected chi connectivity index (χ3v) is 4.05. The first-order chi connectivity index (χ1) is 10.1. The number of carbonyl (C=O) groups is 1. The van der Waals surface area contributed by atoms with Crippen molar-refractivity contribution in [1.29, 1.82) is 0 Å². The van der Waals surface area contributed by atoms with E-state index in [1.54, 1.807) is 11.8 Å². The zero-order valence-corrected chi connectivity index (χ0v) is 13.2. The second-order valence-corrected chi connectivity index (χ2v) is 6.03. The van der Waals surface area contributed by atoms with Gasteiger partial charge in [-0.15, -0.1) is 11.8 Å². The first kappa shape index (κ1) is 15.4. The van der Waals surface area contributed by atoms with Crippen molar-refractivity contribution in [3.05, 3.63) is 59.7 Å². The van der Waals surface area contributed by atoms with E-state index in [0.29, 0.717) is 6.54 Å². The predicted octanol–water partition coefficient (Wildman–Crippen LogP) is 4.22. The molecule has 0 unspecified atom stereocenters. The largest absolute Gasteiger partial charge is 0.337 e. The van der Waals surface area contributed by atoms with Gasteiger partial charge < -0.3 is 10.6 Å². The Balaban J connectivity index is 1.74. The van der Waals surface area contributed by atoms with Crippen LogP contribution in [0.3, 0.4) is 0 Å². The fourth-order valence-electron chi connectivity index (χ4n) is 1.89. The van der Waals surface area contributed by atoms with Gasteiger partial charge in [0.1, 0.15) is 0 Å². The summed E-state index contributed by atoms with van der Waals surface area (Å²) < 4.78 is 0. The molecule has 0 aliphatic rings. The van der Waals surface area contributed by atoms with Crippen LogP contribution in [0.4, 0.5) is 10.5 Å². The van der Waals surface area contributed by atoms with Crippen molar-refractivity contribution < 1.29 is 4.79 Å². The lowest BCUT2D eigenvalue weighted by Gasteiger charge is -2.10. The number of aryl methyl sites for hydroxylation is 2. The molecule has 0 aliphatic carbocycles. The van der Waals surface area contributed by atoms with Crippen LogP contribution in [-0.2, 0) is 0 Å². The smallest absolute Gasteiger partial charge is 0.319 e. The molecule has 4 heteroatoms. The minimum absolute atomic E-state index is 0.155. The summed E-state index contributed by atoms with van der Waals surface area (Å²) >= 11 is 1.73. The number of thioether (sulfide) groups is 1. The Kier molecular flexibility index (Phi) is 5.69. The second-order valence-electron chi connectivity index (χ2n) is 4.86. The summed E-state index contributed by atoms with van der Waals surface area (Å²) in [6, 6.07) is 16.0. The molecule has 21 heavy (non-hydrogen) atoms. The number of benzene rings is 2. The number of amides is 2. The lowest BCUT2D eigenvalue weighted by Crippen LogP contribution is -2.30. The van der Waals surface area contributed by atoms with E-state index in [9.17, 15) is 4.79 Å². The lowest BCUT2D eigenvalue weighted by atomic mass is 10.1. The summed E-state index contributed by atoms with van der Waals surface area (Å²) in [6.07, 6.45) is 0. The summed E-state index contributed by atoms with van der Waals surface area (Å²) in [4.78, 5) is 13.1. The van der Waals surface area contributed by atoms with Crippen molar-refractivity contribution in [2.24, 2.45) is 0 Å². The third-order valence-electron chi connectivity index (χ3n) is 3.04. The summed E-state index contributed by atoms with van der Waals surface area (Å²) in [7, 11) is 0. The number of hydrogen-bond acceptors (Lipinski definition) is 2. The highest BCUT2D eigenvalue weighted by molar-refractivity contribution is 7.99. The van der Waals surface area contributed by atoms with Gasteiger partial charge in [-0.3, -0.25) is 0 Å². The summed E-state index contributed by atoms with van der Waals surface area (Å²) in [6.45, 7) is 4.63. The van der Waals surface area contributed by atoms with Crippen LogP contribution in [0.25, 0.3) is 0 Å². The summed E-state index contributed by atoms with van der Waals surface area (Å²) in [5.41, 5.74) is 3.06. The molecule has 0 saturated heterocycles. The normalized spacial score (nSPS) is 10.2. The quantitative estimate of drug-likeness (QED) is 0.641. The topological polar surface area (TPSA) is 41.1 Å². The van der Waals surface area contributed by atoms with Gasteiger partial charge in [0.15, 0.2) is 0 Å². The molecule has 0 aliphatic heterocycles. The van der Waals surface area contributed by atoms with E-state index in [1.165, 1.54) is 4.90 Å². The van der Waals surface area contributed by atoms with Crippen LogP contribution >= 0.6 is 11.8 Å². The highest BCUT2D eigenvalue weighted by Gasteiger charge is 2.04. The van der Waals surface area contributed by atoms with Gasteiger partial charge in [-0.2, -0.15) is 0 Å². The Morgan fingerprint density at radius 3 is 2.62 bits per heavy atom. The van der Waals surface area contributed by atoms with Crippen LogP contribution in [0, 0.1) is 13.8 Å². The molecule has 0 fully saturated rings. The van der Waals surface area contributed by atoms with Gasteiger partial charge in [-0.25, -0.2) is 4.79 Å². The Hall–Kier alpha value is -1.94. The molecule has 0 spiro atoms. The van der Waals surface area contributed by atoms with E-state index in [4.69, 9.17) is 0 Å². The molecule has 3 nitrogen and oxygen atoms in total. The number of carbonyl (C=O) groups excluding carboxylic acids is 1. The van der Waals surface area contributed by atoms with Crippen LogP contribution in [0.5, 0.6) is 0 Å². The number of urea groups is 1. The molecule has 0 heterocycles. The number of rotatable bonds is 5. The van der Waals surface area contributed by atoms with Gasteiger partial charge in [0.05, 0.1) is 0 Å². The maximum atomic E-state index is 11.9. The van der Waals surface area contributed by atoms with E-state index in [2.05, 4.69) is 22.8 Å². The fraction of sp³-hybridized carbons (Fsp3) is 0.235. The second kappa shape index (κ2) is 7.74. The molecule has 2 amide bonds. The van der Waals surface area contributed by atoms with E-state index < -0.39 is 0 Å². The van der Waals surface area contributed by atoms with Crippen molar-refractivity contribution in [2.45, 2.75) is 18.7 Å². The molecule has 0 radical (unpaired) electrons. The number of nitrogens with one attached hydrogen (secondary N) is 2. The van der Waals surface area contributed by atoms with E-state index in [1.807, 2.05) is 50.2 Å². The Bertz CT molecular complexity index is 599. The first-order valence-corrected chi connectivity index (χ1v) is 7.93. The lowest BCUT2D eigenvalue weighted by molar-refractivity contribution is 0.252. The monoisotopic (exact) mass is 300 g/mol. The molecular weight excluding hydrogens is 280 g/mol. The maximum absolute atomic E-state index is 11.9. The third kappa shape index (κ3) is 5.16. The van der Waals surface area contributed by atoms with Crippen molar-refractivity contribution in [1.82, 2.24) is 5.32 Å². The minimum atomic E-state index is -0.155. The van der Waals surface area contributed by atoms with Crippen LogP contribution < -0.4 is 10.6 Å². The molecule has 2 aromatic carbocycles. The van der Waals surface area contributed by atoms with Gasteiger partial charge in [-0.05, 0) is 43.2 Å². The first-order valence-electron chi connectivity index (χ1n) is 6.95. The highest BCUT2D eigenvalue weighted by atomic mass is 32.2. The van der Waals surface area contributed by atoms with Gasteiger partial charge in [0.2, 0.25) is 0 Å². The zero-order valence-electron chi connectivity index (χ0n) is 12.3. The predicted molar refractivity (Wildman–Crippen MR) is 90.1 cm³/mol. The molecule has 2 aromatic rings. The Labute approximate surface area is 130 Å². The molecule has 0 aromatic heterocycles. The average Bonchev–Trinajstić information content (AvgIpc) is 2.48. The minimum Gasteiger partial charge on any atom is -0.337 e. The summed E-state index contributed by atoms with van der Waals surface area (Å²) in [5.74, 6) is 0.851. The van der Waals surface area contributed by atoms with Crippen LogP contribution in [0.15, 0.2) is 53.4 Å². The fourth-order valence-corrected chi connectivity index (χ4v) is 2.68. The van der Waals surface area contributed by atoms with Crippen LogP contribution in [0.1, 0.15) is 11.1 Å². The van der Waals surface area contributed by atoms with E-state index in [-0.39, 0.29) is 6.03 Å². The molecule has 110 valence electrons. The zero-order chi connectivity index (χ0) is 15.1. The average molecular weight is 300 g/mol. The SMILES string of the molecule is Cc1ccc(C)c(NC(=O)NCCSc2ccccc2)c1. The van der Waals surface area contributed by atoms with E-state index in [0.717, 1.165) is 22.6 Å². The Morgan fingerprint density at radius 2 is 1.86 bits per heavy atom. The summed E-state index contributed by atoms with van der Waals surface area (Å²) in [5, 5.41) is 5.77. The Morgan fingerprint density at radius 1 is 1.10 bits per heavy atom. The van der Waals surface area contributed by atoms with E-state index >= 15 is 0 Å². The van der Waals surface area contributed by atoms with Crippen LogP contribution in [0.2, 0.25) is 0 Å². The van der Waals surface area contributed by atoms with Gasteiger partial charge in [0, 0.05) is 22.9 Å². The van der Waals surface area contributed by atoms with Gasteiger partial charge in [-0.1, -0.05) is 30.3 Å². The van der Waals surface area contributed by atoms with Gasteiger partial charge >= 0.3 is 6.03 Å². The standard InChI is InChI=1S/C17H20N2OS/c1-13-8-9-14(2)16(12-13)19-17(20)18-10-11-21-15-6-4-3-5-7-15/h3-9,12H,10-11H2,1-2H3,(H2,18,19,20). The van der Waals surface area contributed by atoms with Crippen molar-refractivity contribution >= 4 is 23.5 Å².